The Balaban J connectivity index is 3.72. The molecule has 0 aromatic carbocycles. The van der Waals surface area contributed by atoms with Gasteiger partial charge in [-0.15, -0.1) is 11.8 Å². The molecule has 0 heterocycles. The number of thioether (sulfide) groups is 1. The van der Waals surface area contributed by atoms with Crippen LogP contribution >= 0.6 is 11.8 Å². The quantitative estimate of drug-likeness (QED) is 0.418. The Kier molecular flexibility index (Phi) is 7.08. The molecule has 0 bridgehead atoms. The van der Waals surface area contributed by atoms with E-state index >= 15 is 0 Å². The third-order valence-electron chi connectivity index (χ3n) is 1.75. The standard InChI is InChI=1S/C11H22N2S/c1-5-6-7-8-10(13-12)9-14-11(2,3)4/h10,13H,7-9,12H2,1-4H3. The molecule has 0 saturated heterocycles. The van der Waals surface area contributed by atoms with Crippen molar-refractivity contribution in [1.29, 1.82) is 0 Å². The van der Waals surface area contributed by atoms with E-state index in [1.165, 1.54) is 0 Å². The number of nitrogens with two attached hydrogens (primary N) is 1. The lowest BCUT2D eigenvalue weighted by molar-refractivity contribution is 0.545. The molecule has 3 heteroatoms. The summed E-state index contributed by atoms with van der Waals surface area (Å²) in [6.07, 6.45) is 1.95. The van der Waals surface area contributed by atoms with Crippen LogP contribution in [-0.4, -0.2) is 16.5 Å². The van der Waals surface area contributed by atoms with Gasteiger partial charge in [-0.05, 0) is 13.3 Å². The second-order valence-corrected chi connectivity index (χ2v) is 6.10. The number of rotatable bonds is 5. The third-order valence-corrected chi connectivity index (χ3v) is 3.18. The van der Waals surface area contributed by atoms with Crippen LogP contribution in [0.2, 0.25) is 0 Å². The fourth-order valence-corrected chi connectivity index (χ4v) is 1.90. The fraction of sp³-hybridized carbons (Fsp3) is 0.818. The molecule has 0 aliphatic heterocycles. The predicted molar refractivity (Wildman–Crippen MR) is 66.0 cm³/mol. The zero-order valence-corrected chi connectivity index (χ0v) is 10.5. The van der Waals surface area contributed by atoms with Gasteiger partial charge in [0.05, 0.1) is 0 Å². The smallest absolute Gasteiger partial charge is 0.0310 e. The van der Waals surface area contributed by atoms with E-state index in [-0.39, 0.29) is 0 Å². The Labute approximate surface area is 92.4 Å². The summed E-state index contributed by atoms with van der Waals surface area (Å²) in [5.74, 6) is 12.5. The molecule has 0 spiro atoms. The largest absolute Gasteiger partial charge is 0.271 e. The zero-order valence-electron chi connectivity index (χ0n) is 9.68. The van der Waals surface area contributed by atoms with E-state index in [0.29, 0.717) is 10.8 Å². The van der Waals surface area contributed by atoms with Crippen LogP contribution < -0.4 is 11.3 Å². The molecule has 0 rings (SSSR count). The maximum Gasteiger partial charge on any atom is 0.0310 e. The molecular formula is C11H22N2S. The van der Waals surface area contributed by atoms with Gasteiger partial charge in [0.2, 0.25) is 0 Å². The normalized spacial score (nSPS) is 13.2. The van der Waals surface area contributed by atoms with Crippen molar-refractivity contribution in [1.82, 2.24) is 5.43 Å². The van der Waals surface area contributed by atoms with Crippen LogP contribution in [0.15, 0.2) is 0 Å². The number of hydrogen-bond acceptors (Lipinski definition) is 3. The summed E-state index contributed by atoms with van der Waals surface area (Å²) >= 11 is 1.93. The third kappa shape index (κ3) is 8.43. The molecule has 0 aliphatic carbocycles. The van der Waals surface area contributed by atoms with Crippen LogP contribution in [0, 0.1) is 11.8 Å². The van der Waals surface area contributed by atoms with Gasteiger partial charge in [-0.25, -0.2) is 0 Å². The summed E-state index contributed by atoms with van der Waals surface area (Å²) in [4.78, 5) is 0. The van der Waals surface area contributed by atoms with E-state index in [1.54, 1.807) is 0 Å². The van der Waals surface area contributed by atoms with E-state index in [4.69, 9.17) is 5.84 Å². The van der Waals surface area contributed by atoms with Crippen LogP contribution in [-0.2, 0) is 0 Å². The Morgan fingerprint density at radius 1 is 1.43 bits per heavy atom. The van der Waals surface area contributed by atoms with E-state index in [0.717, 1.165) is 18.6 Å². The monoisotopic (exact) mass is 214 g/mol. The van der Waals surface area contributed by atoms with Gasteiger partial charge >= 0.3 is 0 Å². The molecule has 0 aliphatic rings. The Hall–Kier alpha value is -0.170. The first-order chi connectivity index (χ1) is 6.49. The van der Waals surface area contributed by atoms with E-state index < -0.39 is 0 Å². The number of hydrazine groups is 1. The van der Waals surface area contributed by atoms with Crippen LogP contribution in [0.1, 0.15) is 40.5 Å². The lowest BCUT2D eigenvalue weighted by Gasteiger charge is -2.21. The maximum atomic E-state index is 5.47. The molecule has 3 N–H and O–H groups in total. The first-order valence-corrected chi connectivity index (χ1v) is 5.98. The van der Waals surface area contributed by atoms with Crippen molar-refractivity contribution in [3.63, 3.8) is 0 Å². The second kappa shape index (κ2) is 7.17. The van der Waals surface area contributed by atoms with Gasteiger partial charge in [-0.3, -0.25) is 11.3 Å². The van der Waals surface area contributed by atoms with Gasteiger partial charge in [-0.1, -0.05) is 20.8 Å². The minimum atomic E-state index is 0.311. The van der Waals surface area contributed by atoms with Crippen molar-refractivity contribution in [2.24, 2.45) is 5.84 Å². The average Bonchev–Trinajstić information content (AvgIpc) is 2.09. The molecular weight excluding hydrogens is 192 g/mol. The van der Waals surface area contributed by atoms with Gasteiger partial charge in [-0.2, -0.15) is 11.8 Å². The van der Waals surface area contributed by atoms with Gasteiger partial charge < -0.3 is 0 Å². The predicted octanol–water partition coefficient (Wildman–Crippen LogP) is 2.15. The second-order valence-electron chi connectivity index (χ2n) is 4.25. The Morgan fingerprint density at radius 3 is 2.50 bits per heavy atom. The zero-order chi connectivity index (χ0) is 11.0. The molecule has 0 amide bonds. The van der Waals surface area contributed by atoms with Crippen molar-refractivity contribution >= 4 is 11.8 Å². The van der Waals surface area contributed by atoms with Crippen molar-refractivity contribution in [3.05, 3.63) is 0 Å². The van der Waals surface area contributed by atoms with Crippen molar-refractivity contribution < 1.29 is 0 Å². The van der Waals surface area contributed by atoms with Crippen molar-refractivity contribution in [2.75, 3.05) is 5.75 Å². The topological polar surface area (TPSA) is 38.0 Å². The summed E-state index contributed by atoms with van der Waals surface area (Å²) in [7, 11) is 0. The highest BCUT2D eigenvalue weighted by Crippen LogP contribution is 2.24. The van der Waals surface area contributed by atoms with Crippen LogP contribution in [0.4, 0.5) is 0 Å². The average molecular weight is 214 g/mol. The molecule has 0 radical (unpaired) electrons. The highest BCUT2D eigenvalue weighted by molar-refractivity contribution is 8.00. The lowest BCUT2D eigenvalue weighted by atomic mass is 10.2. The van der Waals surface area contributed by atoms with E-state index in [9.17, 15) is 0 Å². The Morgan fingerprint density at radius 2 is 2.07 bits per heavy atom. The minimum Gasteiger partial charge on any atom is -0.271 e. The van der Waals surface area contributed by atoms with Gasteiger partial charge in [0.25, 0.3) is 0 Å². The molecule has 0 fully saturated rings. The van der Waals surface area contributed by atoms with E-state index in [2.05, 4.69) is 38.0 Å². The van der Waals surface area contributed by atoms with Crippen LogP contribution in [0.3, 0.4) is 0 Å². The number of hydrogen-bond donors (Lipinski definition) is 2. The van der Waals surface area contributed by atoms with E-state index in [1.807, 2.05) is 18.7 Å². The first-order valence-electron chi connectivity index (χ1n) is 4.99. The fourth-order valence-electron chi connectivity index (χ4n) is 0.937. The Bertz CT molecular complexity index is 198. The van der Waals surface area contributed by atoms with Crippen LogP contribution in [0.5, 0.6) is 0 Å². The number of nitrogens with one attached hydrogen (secondary N) is 1. The maximum absolute atomic E-state index is 5.47. The minimum absolute atomic E-state index is 0.311. The van der Waals surface area contributed by atoms with Gasteiger partial charge in [0, 0.05) is 23.0 Å². The molecule has 82 valence electrons. The van der Waals surface area contributed by atoms with Gasteiger partial charge in [0.1, 0.15) is 0 Å². The van der Waals surface area contributed by atoms with Crippen molar-refractivity contribution in [3.8, 4) is 11.8 Å². The molecule has 14 heavy (non-hydrogen) atoms. The molecule has 0 aromatic heterocycles. The molecule has 0 aromatic rings. The molecule has 1 atom stereocenters. The SMILES string of the molecule is CC#CCCC(CSC(C)(C)C)NN. The lowest BCUT2D eigenvalue weighted by Crippen LogP contribution is -2.37. The summed E-state index contributed by atoms with van der Waals surface area (Å²) in [5, 5.41) is 0. The summed E-state index contributed by atoms with van der Waals surface area (Å²) < 4.78 is 0.311. The van der Waals surface area contributed by atoms with Crippen LogP contribution in [0.25, 0.3) is 0 Å². The highest BCUT2D eigenvalue weighted by atomic mass is 32.2. The summed E-state index contributed by atoms with van der Waals surface area (Å²) in [5.41, 5.74) is 2.84. The first kappa shape index (κ1) is 13.8. The molecule has 1 unspecified atom stereocenters. The van der Waals surface area contributed by atoms with Gasteiger partial charge in [0.15, 0.2) is 0 Å². The summed E-state index contributed by atoms with van der Waals surface area (Å²) in [6, 6.07) is 0.375. The molecule has 2 nitrogen and oxygen atoms in total. The highest BCUT2D eigenvalue weighted by Gasteiger charge is 2.14. The summed E-state index contributed by atoms with van der Waals surface area (Å²) in [6.45, 7) is 8.53. The van der Waals surface area contributed by atoms with Crippen molar-refractivity contribution in [2.45, 2.75) is 51.3 Å². The molecule has 0 saturated carbocycles.